The van der Waals surface area contributed by atoms with Crippen molar-refractivity contribution in [3.8, 4) is 0 Å². The first-order valence-corrected chi connectivity index (χ1v) is 8.93. The van der Waals surface area contributed by atoms with Crippen molar-refractivity contribution in [2.75, 3.05) is 0 Å². The van der Waals surface area contributed by atoms with Crippen molar-refractivity contribution < 1.29 is 23.9 Å². The Morgan fingerprint density at radius 1 is 0.857 bits per heavy atom. The van der Waals surface area contributed by atoms with E-state index in [2.05, 4.69) is 10.9 Å². The lowest BCUT2D eigenvalue weighted by atomic mass is 10.1. The summed E-state index contributed by atoms with van der Waals surface area (Å²) in [7, 11) is 0. The summed E-state index contributed by atoms with van der Waals surface area (Å²) in [5.74, 6) is -1.74. The van der Waals surface area contributed by atoms with E-state index in [0.29, 0.717) is 17.7 Å². The first-order chi connectivity index (χ1) is 13.4. The minimum Gasteiger partial charge on any atom is -0.449 e. The van der Waals surface area contributed by atoms with Gasteiger partial charge in [-0.2, -0.15) is 0 Å². The average molecular weight is 384 g/mol. The van der Waals surface area contributed by atoms with Crippen LogP contribution in [0.2, 0.25) is 0 Å². The molecule has 0 aliphatic rings. The molecule has 0 spiro atoms. The summed E-state index contributed by atoms with van der Waals surface area (Å²) in [4.78, 5) is 36.1. The van der Waals surface area contributed by atoms with E-state index in [1.165, 1.54) is 6.92 Å². The van der Waals surface area contributed by atoms with Crippen LogP contribution in [0.5, 0.6) is 0 Å². The molecule has 7 heteroatoms. The third-order valence-corrected chi connectivity index (χ3v) is 3.76. The highest BCUT2D eigenvalue weighted by molar-refractivity contribution is 5.96. The second-order valence-electron chi connectivity index (χ2n) is 6.41. The summed E-state index contributed by atoms with van der Waals surface area (Å²) >= 11 is 0. The lowest BCUT2D eigenvalue weighted by Gasteiger charge is -2.14. The number of amides is 2. The molecule has 148 valence electrons. The Morgan fingerprint density at radius 3 is 2.11 bits per heavy atom. The number of carbonyl (C=O) groups is 3. The van der Waals surface area contributed by atoms with Crippen LogP contribution in [0.15, 0.2) is 54.6 Å². The average Bonchev–Trinajstić information content (AvgIpc) is 2.71. The van der Waals surface area contributed by atoms with E-state index in [0.717, 1.165) is 5.56 Å². The number of benzene rings is 2. The fourth-order valence-corrected chi connectivity index (χ4v) is 2.16. The van der Waals surface area contributed by atoms with E-state index < -0.39 is 23.9 Å². The van der Waals surface area contributed by atoms with Crippen molar-refractivity contribution in [3.63, 3.8) is 0 Å². The number of esters is 1. The predicted octanol–water partition coefficient (Wildman–Crippen LogP) is 2.62. The minimum atomic E-state index is -1.08. The summed E-state index contributed by atoms with van der Waals surface area (Å²) in [6, 6.07) is 15.2. The van der Waals surface area contributed by atoms with Crippen LogP contribution in [0, 0.1) is 0 Å². The number of hydrazine groups is 1. The van der Waals surface area contributed by atoms with E-state index in [4.69, 9.17) is 9.47 Å². The van der Waals surface area contributed by atoms with Crippen LogP contribution in [0.4, 0.5) is 0 Å². The van der Waals surface area contributed by atoms with Gasteiger partial charge in [0.05, 0.1) is 18.3 Å². The standard InChI is InChI=1S/C21H24N2O5/c1-14(2)27-13-16-9-11-18(12-10-16)21(26)28-15(3)19(24)22-23-20(25)17-7-5-4-6-8-17/h4-12,14-15H,13H2,1-3H3,(H,22,24)(H,23,25)/t15-/m1/s1. The smallest absolute Gasteiger partial charge is 0.338 e. The lowest BCUT2D eigenvalue weighted by Crippen LogP contribution is -2.46. The molecule has 0 aliphatic carbocycles. The number of ether oxygens (including phenoxy) is 2. The highest BCUT2D eigenvalue weighted by Crippen LogP contribution is 2.09. The van der Waals surface area contributed by atoms with Crippen molar-refractivity contribution in [2.24, 2.45) is 0 Å². The van der Waals surface area contributed by atoms with Crippen molar-refractivity contribution in [1.29, 1.82) is 0 Å². The summed E-state index contributed by atoms with van der Waals surface area (Å²) in [6.45, 7) is 5.76. The first kappa shape index (κ1) is 21.1. The highest BCUT2D eigenvalue weighted by atomic mass is 16.5. The maximum atomic E-state index is 12.2. The molecule has 2 aromatic carbocycles. The molecule has 0 aliphatic heterocycles. The van der Waals surface area contributed by atoms with Crippen LogP contribution in [0.25, 0.3) is 0 Å². The molecule has 2 N–H and O–H groups in total. The second kappa shape index (κ2) is 10.2. The number of hydrogen-bond donors (Lipinski definition) is 2. The Bertz CT molecular complexity index is 803. The second-order valence-corrected chi connectivity index (χ2v) is 6.41. The monoisotopic (exact) mass is 384 g/mol. The first-order valence-electron chi connectivity index (χ1n) is 8.93. The van der Waals surface area contributed by atoms with Gasteiger partial charge >= 0.3 is 5.97 Å². The van der Waals surface area contributed by atoms with E-state index in [9.17, 15) is 14.4 Å². The molecule has 2 aromatic rings. The van der Waals surface area contributed by atoms with Gasteiger partial charge < -0.3 is 9.47 Å². The molecule has 0 radical (unpaired) electrons. The zero-order valence-electron chi connectivity index (χ0n) is 16.1. The van der Waals surface area contributed by atoms with Crippen LogP contribution >= 0.6 is 0 Å². The number of rotatable bonds is 7. The molecule has 7 nitrogen and oxygen atoms in total. The largest absolute Gasteiger partial charge is 0.449 e. The Hall–Kier alpha value is -3.19. The van der Waals surface area contributed by atoms with Crippen LogP contribution < -0.4 is 10.9 Å². The van der Waals surface area contributed by atoms with E-state index in [1.54, 1.807) is 54.6 Å². The molecule has 0 unspecified atom stereocenters. The maximum absolute atomic E-state index is 12.2. The normalized spacial score (nSPS) is 11.6. The molecule has 0 heterocycles. The van der Waals surface area contributed by atoms with E-state index in [-0.39, 0.29) is 6.10 Å². The zero-order valence-corrected chi connectivity index (χ0v) is 16.1. The van der Waals surface area contributed by atoms with Crippen molar-refractivity contribution in [1.82, 2.24) is 10.9 Å². The van der Waals surface area contributed by atoms with Crippen LogP contribution in [0.1, 0.15) is 47.1 Å². The molecule has 0 saturated heterocycles. The molecule has 0 saturated carbocycles. The van der Waals surface area contributed by atoms with Gasteiger partial charge in [0, 0.05) is 5.56 Å². The van der Waals surface area contributed by atoms with Gasteiger partial charge in [-0.25, -0.2) is 4.79 Å². The molecular formula is C21H24N2O5. The van der Waals surface area contributed by atoms with Gasteiger partial charge in [-0.05, 0) is 50.6 Å². The molecule has 0 aromatic heterocycles. The van der Waals surface area contributed by atoms with Gasteiger partial charge in [0.2, 0.25) is 0 Å². The number of hydrogen-bond acceptors (Lipinski definition) is 5. The third-order valence-electron chi connectivity index (χ3n) is 3.76. The van der Waals surface area contributed by atoms with Gasteiger partial charge in [-0.15, -0.1) is 0 Å². The van der Waals surface area contributed by atoms with Crippen LogP contribution in [-0.2, 0) is 20.9 Å². The third kappa shape index (κ3) is 6.51. The summed E-state index contributed by atoms with van der Waals surface area (Å²) < 4.78 is 10.6. The van der Waals surface area contributed by atoms with Crippen molar-refractivity contribution >= 4 is 17.8 Å². The fourth-order valence-electron chi connectivity index (χ4n) is 2.16. The molecule has 0 fully saturated rings. The summed E-state index contributed by atoms with van der Waals surface area (Å²) in [5.41, 5.74) is 6.17. The topological polar surface area (TPSA) is 93.7 Å². The van der Waals surface area contributed by atoms with Gasteiger partial charge in [0.1, 0.15) is 0 Å². The Labute approximate surface area is 164 Å². The van der Waals surface area contributed by atoms with Gasteiger partial charge in [0.15, 0.2) is 6.10 Å². The van der Waals surface area contributed by atoms with E-state index >= 15 is 0 Å². The predicted molar refractivity (Wildman–Crippen MR) is 103 cm³/mol. The summed E-state index contributed by atoms with van der Waals surface area (Å²) in [6.07, 6.45) is -0.959. The highest BCUT2D eigenvalue weighted by Gasteiger charge is 2.19. The maximum Gasteiger partial charge on any atom is 0.338 e. The van der Waals surface area contributed by atoms with Crippen LogP contribution in [0.3, 0.4) is 0 Å². The number of carbonyl (C=O) groups excluding carboxylic acids is 3. The molecule has 0 bridgehead atoms. The summed E-state index contributed by atoms with van der Waals surface area (Å²) in [5, 5.41) is 0. The quantitative estimate of drug-likeness (QED) is 0.565. The SMILES string of the molecule is CC(C)OCc1ccc(C(=O)O[C@H](C)C(=O)NNC(=O)c2ccccc2)cc1. The molecule has 2 rings (SSSR count). The minimum absolute atomic E-state index is 0.117. The lowest BCUT2D eigenvalue weighted by molar-refractivity contribution is -0.129. The fraction of sp³-hybridized carbons (Fsp3) is 0.286. The van der Waals surface area contributed by atoms with Gasteiger partial charge in [0.25, 0.3) is 11.8 Å². The van der Waals surface area contributed by atoms with Crippen molar-refractivity contribution in [3.05, 3.63) is 71.3 Å². The number of nitrogens with one attached hydrogen (secondary N) is 2. The van der Waals surface area contributed by atoms with Gasteiger partial charge in [-0.3, -0.25) is 20.4 Å². The zero-order chi connectivity index (χ0) is 20.5. The molecular weight excluding hydrogens is 360 g/mol. The van der Waals surface area contributed by atoms with Crippen LogP contribution in [-0.4, -0.2) is 30.0 Å². The Kier molecular flexibility index (Phi) is 7.71. The molecule has 2 amide bonds. The van der Waals surface area contributed by atoms with Gasteiger partial charge in [-0.1, -0.05) is 30.3 Å². The molecule has 28 heavy (non-hydrogen) atoms. The van der Waals surface area contributed by atoms with Crippen molar-refractivity contribution in [2.45, 2.75) is 39.6 Å². The molecule has 1 atom stereocenters. The Balaban J connectivity index is 1.82. The Morgan fingerprint density at radius 2 is 1.50 bits per heavy atom. The van der Waals surface area contributed by atoms with E-state index in [1.807, 2.05) is 13.8 Å².